The molecule has 1 heterocycles. The number of Topliss-reactive ketones (excluding diaryl/α,β-unsaturated/α-hetero) is 1. The highest BCUT2D eigenvalue weighted by atomic mass is 32.2. The number of carbonyl (C=O) groups is 3. The van der Waals surface area contributed by atoms with Gasteiger partial charge in [-0.2, -0.15) is 4.31 Å². The van der Waals surface area contributed by atoms with Crippen LogP contribution in [0.1, 0.15) is 48.0 Å². The van der Waals surface area contributed by atoms with Gasteiger partial charge >= 0.3 is 5.97 Å². The van der Waals surface area contributed by atoms with Crippen LogP contribution in [0.25, 0.3) is 0 Å². The molecule has 230 valence electrons. The maximum Gasteiger partial charge on any atom is 0.337 e. The van der Waals surface area contributed by atoms with Crippen LogP contribution in [0.2, 0.25) is 0 Å². The molecule has 0 aliphatic rings. The lowest BCUT2D eigenvalue weighted by molar-refractivity contribution is 0.0600. The largest absolute Gasteiger partial charge is 0.497 e. The molecule has 0 saturated carbocycles. The molecule has 3 aromatic carbocycles. The molecule has 44 heavy (non-hydrogen) atoms. The molecule has 1 amide bonds. The van der Waals surface area contributed by atoms with Crippen LogP contribution < -0.4 is 10.5 Å². The van der Waals surface area contributed by atoms with Crippen molar-refractivity contribution in [2.24, 2.45) is 5.73 Å². The molecule has 0 radical (unpaired) electrons. The SMILES string of the molecule is COC(=O)c1ccc(CN(CC(=O)c2cc(C(N)=O)c(C)n2CCc2ccc(F)cc2)S(=O)(=O)c2ccc(OC)cc2)cc1. The second-order valence-corrected chi connectivity index (χ2v) is 11.9. The van der Waals surface area contributed by atoms with Crippen LogP contribution in [-0.2, 0) is 34.3 Å². The smallest absolute Gasteiger partial charge is 0.337 e. The van der Waals surface area contributed by atoms with Gasteiger partial charge in [0.15, 0.2) is 5.78 Å². The van der Waals surface area contributed by atoms with Crippen molar-refractivity contribution in [3.63, 3.8) is 0 Å². The van der Waals surface area contributed by atoms with Gasteiger partial charge in [0.1, 0.15) is 11.6 Å². The second kappa shape index (κ2) is 13.7. The fourth-order valence-corrected chi connectivity index (χ4v) is 6.12. The summed E-state index contributed by atoms with van der Waals surface area (Å²) in [6.45, 7) is 1.15. The Bertz CT molecular complexity index is 1770. The Hall–Kier alpha value is -4.81. The number of esters is 1. The van der Waals surface area contributed by atoms with Crippen molar-refractivity contribution in [2.75, 3.05) is 20.8 Å². The number of hydrogen-bond acceptors (Lipinski definition) is 7. The summed E-state index contributed by atoms with van der Waals surface area (Å²) in [5.41, 5.74) is 7.88. The number of ether oxygens (including phenoxy) is 2. The molecule has 0 fully saturated rings. The number of carbonyl (C=O) groups excluding carboxylic acids is 3. The zero-order valence-electron chi connectivity index (χ0n) is 24.4. The molecular weight excluding hydrogens is 589 g/mol. The van der Waals surface area contributed by atoms with Crippen molar-refractivity contribution in [2.45, 2.75) is 31.3 Å². The van der Waals surface area contributed by atoms with Crippen LogP contribution in [0, 0.1) is 12.7 Å². The highest BCUT2D eigenvalue weighted by molar-refractivity contribution is 7.89. The third-order valence-corrected chi connectivity index (χ3v) is 9.01. The zero-order chi connectivity index (χ0) is 32.0. The standard InChI is InChI=1S/C32H32FN3O7S/c1-21-28(31(34)38)18-29(36(21)17-16-22-6-10-25(33)11-7-22)30(37)20-35(19-23-4-8-24(9-5-23)32(39)43-3)44(40,41)27-14-12-26(42-2)13-15-27/h4-15,18H,16-17,19-20H2,1-3H3,(H2,34,38). The van der Waals surface area contributed by atoms with Gasteiger partial charge in [-0.1, -0.05) is 24.3 Å². The predicted molar refractivity (Wildman–Crippen MR) is 160 cm³/mol. The van der Waals surface area contributed by atoms with E-state index in [2.05, 4.69) is 0 Å². The Labute approximate surface area is 254 Å². The number of ketones is 1. The van der Waals surface area contributed by atoms with Crippen molar-refractivity contribution in [1.29, 1.82) is 0 Å². The van der Waals surface area contributed by atoms with Gasteiger partial charge in [-0.25, -0.2) is 17.6 Å². The first kappa shape index (κ1) is 32.1. The van der Waals surface area contributed by atoms with Gasteiger partial charge in [0.25, 0.3) is 5.91 Å². The van der Waals surface area contributed by atoms with E-state index in [9.17, 15) is 27.2 Å². The van der Waals surface area contributed by atoms with E-state index in [0.29, 0.717) is 23.4 Å². The van der Waals surface area contributed by atoms with E-state index in [-0.39, 0.29) is 40.6 Å². The average Bonchev–Trinajstić information content (AvgIpc) is 3.36. The first-order valence-electron chi connectivity index (χ1n) is 13.5. The quantitative estimate of drug-likeness (QED) is 0.175. The van der Waals surface area contributed by atoms with Crippen LogP contribution in [0.15, 0.2) is 83.8 Å². The summed E-state index contributed by atoms with van der Waals surface area (Å²) in [6.07, 6.45) is 0.411. The second-order valence-electron chi connectivity index (χ2n) is 9.98. The first-order valence-corrected chi connectivity index (χ1v) is 15.0. The van der Waals surface area contributed by atoms with E-state index in [1.807, 2.05) is 0 Å². The lowest BCUT2D eigenvalue weighted by Crippen LogP contribution is -2.36. The molecule has 0 aliphatic heterocycles. The summed E-state index contributed by atoms with van der Waals surface area (Å²) in [4.78, 5) is 37.9. The van der Waals surface area contributed by atoms with Gasteiger partial charge in [0.05, 0.1) is 42.5 Å². The predicted octanol–water partition coefficient (Wildman–Crippen LogP) is 4.15. The topological polar surface area (TPSA) is 138 Å². The van der Waals surface area contributed by atoms with E-state index in [1.165, 1.54) is 68.8 Å². The number of halogens is 1. The first-order chi connectivity index (χ1) is 20.9. The van der Waals surface area contributed by atoms with Gasteiger partial charge in [0.2, 0.25) is 10.0 Å². The molecule has 0 aliphatic carbocycles. The number of aromatic nitrogens is 1. The number of nitrogens with zero attached hydrogens (tertiary/aromatic N) is 2. The Morgan fingerprint density at radius 3 is 2.09 bits per heavy atom. The van der Waals surface area contributed by atoms with Gasteiger partial charge < -0.3 is 19.8 Å². The van der Waals surface area contributed by atoms with Crippen molar-refractivity contribution in [3.8, 4) is 5.75 Å². The molecule has 4 rings (SSSR count). The van der Waals surface area contributed by atoms with E-state index in [4.69, 9.17) is 15.2 Å². The van der Waals surface area contributed by atoms with Gasteiger partial charge in [-0.3, -0.25) is 9.59 Å². The Kier molecular flexibility index (Phi) is 9.97. The minimum atomic E-state index is -4.22. The molecule has 0 saturated heterocycles. The summed E-state index contributed by atoms with van der Waals surface area (Å²) in [5, 5.41) is 0. The molecule has 0 bridgehead atoms. The fraction of sp³-hybridized carbons (Fsp3) is 0.219. The third kappa shape index (κ3) is 7.21. The maximum atomic E-state index is 13.9. The highest BCUT2D eigenvalue weighted by Crippen LogP contribution is 2.24. The van der Waals surface area contributed by atoms with E-state index >= 15 is 0 Å². The van der Waals surface area contributed by atoms with Crippen molar-refractivity contribution in [3.05, 3.63) is 118 Å². The van der Waals surface area contributed by atoms with E-state index in [1.54, 1.807) is 35.8 Å². The number of primary amides is 1. The van der Waals surface area contributed by atoms with Crippen LogP contribution in [0.3, 0.4) is 0 Å². The highest BCUT2D eigenvalue weighted by Gasteiger charge is 2.30. The van der Waals surface area contributed by atoms with Crippen molar-refractivity contribution < 1.29 is 36.7 Å². The average molecular weight is 622 g/mol. The van der Waals surface area contributed by atoms with Crippen LogP contribution in [-0.4, -0.2) is 55.7 Å². The van der Waals surface area contributed by atoms with Crippen molar-refractivity contribution in [1.82, 2.24) is 8.87 Å². The molecule has 1 aromatic heterocycles. The minimum absolute atomic E-state index is 0.0574. The number of methoxy groups -OCH3 is 2. The number of nitrogens with two attached hydrogens (primary N) is 1. The van der Waals surface area contributed by atoms with E-state index < -0.39 is 34.2 Å². The number of hydrogen-bond donors (Lipinski definition) is 1. The molecule has 12 heteroatoms. The number of benzene rings is 3. The fourth-order valence-electron chi connectivity index (χ4n) is 4.74. The summed E-state index contributed by atoms with van der Waals surface area (Å²) in [5.74, 6) is -1.76. The van der Waals surface area contributed by atoms with Gasteiger partial charge in [0, 0.05) is 18.8 Å². The Balaban J connectivity index is 1.70. The maximum absolute atomic E-state index is 13.9. The molecule has 0 atom stereocenters. The van der Waals surface area contributed by atoms with Crippen LogP contribution in [0.5, 0.6) is 5.75 Å². The summed E-state index contributed by atoms with van der Waals surface area (Å²) < 4.78 is 53.7. The molecule has 0 spiro atoms. The van der Waals surface area contributed by atoms with Crippen molar-refractivity contribution >= 4 is 27.7 Å². The Morgan fingerprint density at radius 2 is 1.52 bits per heavy atom. The number of sulfonamides is 1. The lowest BCUT2D eigenvalue weighted by Gasteiger charge is -2.22. The third-order valence-electron chi connectivity index (χ3n) is 7.21. The lowest BCUT2D eigenvalue weighted by atomic mass is 10.1. The molecule has 0 unspecified atom stereocenters. The molecular formula is C32H32FN3O7S. The number of aryl methyl sites for hydroxylation is 1. The minimum Gasteiger partial charge on any atom is -0.497 e. The molecule has 2 N–H and O–H groups in total. The Morgan fingerprint density at radius 1 is 0.909 bits per heavy atom. The summed E-state index contributed by atoms with van der Waals surface area (Å²) in [6, 6.07) is 19.2. The molecule has 4 aromatic rings. The number of amides is 1. The summed E-state index contributed by atoms with van der Waals surface area (Å²) in [7, 11) is -1.51. The molecule has 10 nitrogen and oxygen atoms in total. The monoisotopic (exact) mass is 621 g/mol. The number of rotatable bonds is 13. The van der Waals surface area contributed by atoms with Crippen LogP contribution in [0.4, 0.5) is 4.39 Å². The van der Waals surface area contributed by atoms with Gasteiger partial charge in [-0.05, 0) is 79.1 Å². The summed E-state index contributed by atoms with van der Waals surface area (Å²) >= 11 is 0. The zero-order valence-corrected chi connectivity index (χ0v) is 25.3. The normalized spacial score (nSPS) is 11.4. The van der Waals surface area contributed by atoms with E-state index in [0.717, 1.165) is 9.87 Å². The van der Waals surface area contributed by atoms with Gasteiger partial charge in [-0.15, -0.1) is 0 Å². The van der Waals surface area contributed by atoms with Crippen LogP contribution >= 0.6 is 0 Å².